The van der Waals surface area contributed by atoms with Gasteiger partial charge in [-0.05, 0) is 12.2 Å². The number of amides is 1. The second kappa shape index (κ2) is 3.78. The smallest absolute Gasteiger partial charge is 0.312 e. The normalized spacial score (nSPS) is 8.40. The third-order valence-electron chi connectivity index (χ3n) is 0.574. The first kappa shape index (κ1) is 8.83. The van der Waals surface area contributed by atoms with Crippen molar-refractivity contribution in [1.82, 2.24) is 5.32 Å². The first-order valence-electron chi connectivity index (χ1n) is 2.33. The number of aliphatic carboxylic acids is 1. The van der Waals surface area contributed by atoms with E-state index in [4.69, 9.17) is 10.8 Å². The first-order chi connectivity index (χ1) is 4.52. The Bertz CT molecular complexity index is 161. The first-order valence-corrected chi connectivity index (χ1v) is 2.74. The highest BCUT2D eigenvalue weighted by atomic mass is 32.1. The largest absolute Gasteiger partial charge is 0.481 e. The van der Waals surface area contributed by atoms with Crippen molar-refractivity contribution in [2.45, 2.75) is 6.42 Å². The summed E-state index contributed by atoms with van der Waals surface area (Å²) in [6.07, 6.45) is -0.614. The van der Waals surface area contributed by atoms with Gasteiger partial charge in [0, 0.05) is 0 Å². The van der Waals surface area contributed by atoms with Gasteiger partial charge in [-0.1, -0.05) is 0 Å². The second-order valence-electron chi connectivity index (χ2n) is 1.48. The summed E-state index contributed by atoms with van der Waals surface area (Å²) < 4.78 is 0. The molecule has 56 valence electrons. The van der Waals surface area contributed by atoms with Crippen LogP contribution in [0.15, 0.2) is 0 Å². The molecule has 0 saturated heterocycles. The molecule has 10 heavy (non-hydrogen) atoms. The molecule has 0 aromatic carbocycles. The molecular formula is C4H6N2O3S. The highest BCUT2D eigenvalue weighted by molar-refractivity contribution is 7.80. The molecule has 6 heteroatoms. The minimum absolute atomic E-state index is 0.216. The Balaban J connectivity index is 3.65. The molecule has 0 saturated carbocycles. The number of hydrogen-bond donors (Lipinski definition) is 3. The molecule has 0 aromatic rings. The molecule has 1 amide bonds. The molecule has 0 unspecified atom stereocenters. The number of thiocarbonyl (C=S) groups is 1. The molecule has 0 bridgehead atoms. The van der Waals surface area contributed by atoms with Crippen LogP contribution >= 0.6 is 12.2 Å². The molecule has 0 aromatic heterocycles. The Morgan fingerprint density at radius 1 is 1.60 bits per heavy atom. The van der Waals surface area contributed by atoms with E-state index < -0.39 is 18.3 Å². The Morgan fingerprint density at radius 3 is 2.40 bits per heavy atom. The van der Waals surface area contributed by atoms with Crippen molar-refractivity contribution in [3.8, 4) is 0 Å². The summed E-state index contributed by atoms with van der Waals surface area (Å²) in [5.41, 5.74) is 4.88. The maximum Gasteiger partial charge on any atom is 0.312 e. The van der Waals surface area contributed by atoms with Crippen LogP contribution in [0.4, 0.5) is 0 Å². The molecule has 0 radical (unpaired) electrons. The van der Waals surface area contributed by atoms with E-state index in [9.17, 15) is 9.59 Å². The van der Waals surface area contributed by atoms with E-state index in [1.807, 2.05) is 5.32 Å². The average Bonchev–Trinajstić information content (AvgIpc) is 1.58. The summed E-state index contributed by atoms with van der Waals surface area (Å²) in [6.45, 7) is 0. The van der Waals surface area contributed by atoms with Crippen molar-refractivity contribution < 1.29 is 14.7 Å². The van der Waals surface area contributed by atoms with Gasteiger partial charge in [0.05, 0.1) is 0 Å². The maximum absolute atomic E-state index is 10.4. The molecule has 0 aliphatic rings. The highest BCUT2D eigenvalue weighted by Gasteiger charge is 2.06. The zero-order valence-corrected chi connectivity index (χ0v) is 5.77. The van der Waals surface area contributed by atoms with Crippen LogP contribution in [0.3, 0.4) is 0 Å². The topological polar surface area (TPSA) is 92.4 Å². The minimum Gasteiger partial charge on any atom is -0.481 e. The van der Waals surface area contributed by atoms with Crippen molar-refractivity contribution in [2.24, 2.45) is 5.73 Å². The molecular weight excluding hydrogens is 156 g/mol. The van der Waals surface area contributed by atoms with Crippen LogP contribution in [-0.4, -0.2) is 22.1 Å². The standard InChI is InChI=1S/C4H6N2O3S/c5-4(10)6-2(7)1-3(8)9/h1H2,(H,8,9)(H3,5,6,7,10). The van der Waals surface area contributed by atoms with Gasteiger partial charge in [-0.3, -0.25) is 9.59 Å². The fourth-order valence-electron chi connectivity index (χ4n) is 0.319. The molecule has 0 aliphatic carbocycles. The Labute approximate surface area is 62.2 Å². The van der Waals surface area contributed by atoms with Crippen LogP contribution in [0.5, 0.6) is 0 Å². The van der Waals surface area contributed by atoms with Crippen molar-refractivity contribution in [3.63, 3.8) is 0 Å². The van der Waals surface area contributed by atoms with Crippen molar-refractivity contribution >= 4 is 29.2 Å². The summed E-state index contributed by atoms with van der Waals surface area (Å²) >= 11 is 4.28. The number of carbonyl (C=O) groups excluding carboxylic acids is 1. The number of carboxylic acids is 1. The summed E-state index contributed by atoms with van der Waals surface area (Å²) in [5.74, 6) is -1.92. The molecule has 0 spiro atoms. The molecule has 5 nitrogen and oxygen atoms in total. The summed E-state index contributed by atoms with van der Waals surface area (Å²) in [4.78, 5) is 20.3. The van der Waals surface area contributed by atoms with E-state index >= 15 is 0 Å². The van der Waals surface area contributed by atoms with Gasteiger partial charge in [-0.25, -0.2) is 0 Å². The summed E-state index contributed by atoms with van der Waals surface area (Å²) in [7, 11) is 0. The van der Waals surface area contributed by atoms with Gasteiger partial charge in [-0.15, -0.1) is 0 Å². The highest BCUT2D eigenvalue weighted by Crippen LogP contribution is 1.77. The summed E-state index contributed by atoms with van der Waals surface area (Å²) in [5, 5.41) is 9.80. The van der Waals surface area contributed by atoms with Crippen LogP contribution < -0.4 is 11.1 Å². The van der Waals surface area contributed by atoms with Crippen molar-refractivity contribution in [1.29, 1.82) is 0 Å². The Morgan fingerprint density at radius 2 is 2.10 bits per heavy atom. The van der Waals surface area contributed by atoms with Gasteiger partial charge in [0.15, 0.2) is 5.11 Å². The number of carbonyl (C=O) groups is 2. The van der Waals surface area contributed by atoms with Gasteiger partial charge in [0.25, 0.3) is 0 Å². The van der Waals surface area contributed by atoms with Crippen LogP contribution in [0.1, 0.15) is 6.42 Å². The van der Waals surface area contributed by atoms with Gasteiger partial charge in [0.1, 0.15) is 6.42 Å². The zero-order valence-electron chi connectivity index (χ0n) is 4.96. The Hall–Kier alpha value is -1.17. The monoisotopic (exact) mass is 162 g/mol. The van der Waals surface area contributed by atoms with Crippen LogP contribution in [0, 0.1) is 0 Å². The van der Waals surface area contributed by atoms with Crippen LogP contribution in [-0.2, 0) is 9.59 Å². The molecule has 0 fully saturated rings. The molecule has 0 aliphatic heterocycles. The molecule has 0 rings (SSSR count). The van der Waals surface area contributed by atoms with E-state index in [0.717, 1.165) is 0 Å². The SMILES string of the molecule is NC(=S)NC(=O)CC(=O)O. The minimum atomic E-state index is -1.21. The fourth-order valence-corrected chi connectivity index (χ4v) is 0.433. The number of carboxylic acid groups (broad SMARTS) is 1. The van der Waals surface area contributed by atoms with Gasteiger partial charge >= 0.3 is 5.97 Å². The number of rotatable bonds is 2. The number of nitrogens with two attached hydrogens (primary N) is 1. The fraction of sp³-hybridized carbons (Fsp3) is 0.250. The van der Waals surface area contributed by atoms with Crippen molar-refractivity contribution in [3.05, 3.63) is 0 Å². The predicted octanol–water partition coefficient (Wildman–Crippen LogP) is -1.18. The lowest BCUT2D eigenvalue weighted by molar-refractivity contribution is -0.140. The predicted molar refractivity (Wildman–Crippen MR) is 37.2 cm³/mol. The lowest BCUT2D eigenvalue weighted by Crippen LogP contribution is -2.35. The molecule has 4 N–H and O–H groups in total. The quantitative estimate of drug-likeness (QED) is 0.351. The lowest BCUT2D eigenvalue weighted by atomic mass is 10.4. The lowest BCUT2D eigenvalue weighted by Gasteiger charge is -1.97. The zero-order chi connectivity index (χ0) is 8.15. The average molecular weight is 162 g/mol. The second-order valence-corrected chi connectivity index (χ2v) is 1.92. The van der Waals surface area contributed by atoms with Gasteiger partial charge in [-0.2, -0.15) is 0 Å². The van der Waals surface area contributed by atoms with E-state index in [0.29, 0.717) is 0 Å². The summed E-state index contributed by atoms with van der Waals surface area (Å²) in [6, 6.07) is 0. The number of hydrogen-bond acceptors (Lipinski definition) is 3. The van der Waals surface area contributed by atoms with E-state index in [1.54, 1.807) is 0 Å². The number of nitrogens with one attached hydrogen (secondary N) is 1. The van der Waals surface area contributed by atoms with E-state index in [2.05, 4.69) is 12.2 Å². The maximum atomic E-state index is 10.4. The third-order valence-corrected chi connectivity index (χ3v) is 0.676. The van der Waals surface area contributed by atoms with Crippen LogP contribution in [0.25, 0.3) is 0 Å². The van der Waals surface area contributed by atoms with E-state index in [-0.39, 0.29) is 5.11 Å². The Kier molecular flexibility index (Phi) is 3.34. The van der Waals surface area contributed by atoms with Crippen LogP contribution in [0.2, 0.25) is 0 Å². The third kappa shape index (κ3) is 4.98. The molecule has 0 heterocycles. The van der Waals surface area contributed by atoms with Gasteiger partial charge < -0.3 is 16.2 Å². The van der Waals surface area contributed by atoms with Crippen molar-refractivity contribution in [2.75, 3.05) is 0 Å². The van der Waals surface area contributed by atoms with Gasteiger partial charge in [0.2, 0.25) is 5.91 Å². The van der Waals surface area contributed by atoms with E-state index in [1.165, 1.54) is 0 Å². The molecule has 0 atom stereocenters.